The number of Topliss-reactive ketones (excluding diaryl/α,β-unsaturated/α-hetero) is 1. The van der Waals surface area contributed by atoms with Gasteiger partial charge in [-0.25, -0.2) is 9.78 Å². The van der Waals surface area contributed by atoms with Gasteiger partial charge in [-0.1, -0.05) is 51.1 Å². The van der Waals surface area contributed by atoms with Crippen molar-refractivity contribution in [2.75, 3.05) is 30.3 Å². The number of aromatic nitrogens is 4. The summed E-state index contributed by atoms with van der Waals surface area (Å²) < 4.78 is 11.7. The van der Waals surface area contributed by atoms with Crippen LogP contribution in [0.3, 0.4) is 0 Å². The Labute approximate surface area is 319 Å². The third-order valence-corrected chi connectivity index (χ3v) is 9.99. The van der Waals surface area contributed by atoms with Gasteiger partial charge in [-0.3, -0.25) is 14.4 Å². The molecule has 1 fully saturated rings. The largest absolute Gasteiger partial charge is 0.451 e. The average molecular weight is 753 g/mol. The zero-order valence-electron chi connectivity index (χ0n) is 32.0. The predicted molar refractivity (Wildman–Crippen MR) is 203 cm³/mol. The van der Waals surface area contributed by atoms with Crippen LogP contribution in [0.4, 0.5) is 17.5 Å². The first kappa shape index (κ1) is 39.0. The number of benzene rings is 2. The molecule has 0 bridgehead atoms. The molecule has 2 aromatic heterocycles. The van der Waals surface area contributed by atoms with Gasteiger partial charge in [0.05, 0.1) is 29.8 Å². The fourth-order valence-electron chi connectivity index (χ4n) is 6.99. The summed E-state index contributed by atoms with van der Waals surface area (Å²) in [5.41, 5.74) is 1.97. The van der Waals surface area contributed by atoms with E-state index in [1.165, 1.54) is 6.92 Å². The highest BCUT2D eigenvalue weighted by molar-refractivity contribution is 5.95. The number of likely N-dealkylation sites (tertiary alicyclic amines) is 1. The highest BCUT2D eigenvalue weighted by atomic mass is 16.6. The molecule has 0 radical (unpaired) electrons. The number of amides is 2. The number of cyclic esters (lactones) is 1. The number of ketones is 1. The minimum atomic E-state index is -0.778. The fraction of sp³-hybridized carbons (Fsp3) is 0.450. The van der Waals surface area contributed by atoms with E-state index >= 15 is 0 Å². The van der Waals surface area contributed by atoms with Gasteiger partial charge in [0.1, 0.15) is 11.4 Å². The molecule has 0 spiro atoms. The highest BCUT2D eigenvalue weighted by Crippen LogP contribution is 2.38. The first-order valence-corrected chi connectivity index (χ1v) is 18.5. The van der Waals surface area contributed by atoms with Gasteiger partial charge in [0.15, 0.2) is 5.78 Å². The molecule has 4 heterocycles. The number of nitrogens with zero attached hydrogens (tertiary/aromatic N) is 5. The van der Waals surface area contributed by atoms with Crippen molar-refractivity contribution < 1.29 is 33.4 Å². The summed E-state index contributed by atoms with van der Waals surface area (Å²) in [6.45, 7) is 11.5. The first-order valence-electron chi connectivity index (χ1n) is 18.5. The van der Waals surface area contributed by atoms with Crippen molar-refractivity contribution in [3.05, 3.63) is 77.3 Å². The topological polar surface area (TPSA) is 202 Å². The molecular weight excluding hydrogens is 704 g/mol. The molecule has 15 nitrogen and oxygen atoms in total. The Hall–Kier alpha value is -5.70. The van der Waals surface area contributed by atoms with Crippen LogP contribution in [-0.4, -0.2) is 79.5 Å². The Kier molecular flexibility index (Phi) is 11.3. The van der Waals surface area contributed by atoms with Crippen LogP contribution in [0.1, 0.15) is 107 Å². The Morgan fingerprint density at radius 1 is 1.02 bits per heavy atom. The molecular formula is C40H48N8O7. The molecule has 2 amide bonds. The van der Waals surface area contributed by atoms with Crippen molar-refractivity contribution in [1.82, 2.24) is 30.4 Å². The van der Waals surface area contributed by atoms with Gasteiger partial charge in [0, 0.05) is 49.3 Å². The van der Waals surface area contributed by atoms with Gasteiger partial charge in [0.2, 0.25) is 23.7 Å². The summed E-state index contributed by atoms with van der Waals surface area (Å²) in [7, 11) is 0. The van der Waals surface area contributed by atoms with Crippen molar-refractivity contribution in [1.29, 1.82) is 0 Å². The van der Waals surface area contributed by atoms with Crippen molar-refractivity contribution in [2.45, 2.75) is 90.8 Å². The first-order chi connectivity index (χ1) is 26.1. The van der Waals surface area contributed by atoms with Gasteiger partial charge in [-0.2, -0.15) is 4.98 Å². The normalized spacial score (nSPS) is 16.5. The van der Waals surface area contributed by atoms with E-state index < -0.39 is 23.1 Å². The number of rotatable bonds is 13. The molecule has 6 rings (SSSR count). The number of hydrogen-bond donors (Lipinski definition) is 4. The van der Waals surface area contributed by atoms with Gasteiger partial charge in [-0.05, 0) is 62.8 Å². The Balaban J connectivity index is 1.15. The number of ether oxygens (including phenoxy) is 1. The quantitative estimate of drug-likeness (QED) is 0.126. The number of piperidine rings is 1. The molecule has 55 heavy (non-hydrogen) atoms. The summed E-state index contributed by atoms with van der Waals surface area (Å²) in [6, 6.07) is 13.6. The monoisotopic (exact) mass is 752 g/mol. The third-order valence-electron chi connectivity index (χ3n) is 9.99. The Morgan fingerprint density at radius 3 is 2.42 bits per heavy atom. The van der Waals surface area contributed by atoms with Crippen LogP contribution in [-0.2, 0) is 24.7 Å². The lowest BCUT2D eigenvalue weighted by Crippen LogP contribution is -2.48. The highest BCUT2D eigenvalue weighted by Gasteiger charge is 2.38. The van der Waals surface area contributed by atoms with Crippen molar-refractivity contribution in [2.24, 2.45) is 5.41 Å². The van der Waals surface area contributed by atoms with Gasteiger partial charge in [0.25, 0.3) is 5.89 Å². The molecule has 290 valence electrons. The van der Waals surface area contributed by atoms with Crippen LogP contribution in [0.5, 0.6) is 0 Å². The molecule has 15 heteroatoms. The number of nitrogens with one attached hydrogen (secondary N) is 3. The second-order valence-corrected chi connectivity index (χ2v) is 15.6. The van der Waals surface area contributed by atoms with Crippen LogP contribution in [0, 0.1) is 5.41 Å². The summed E-state index contributed by atoms with van der Waals surface area (Å²) in [4.78, 5) is 61.0. The third kappa shape index (κ3) is 8.99. The van der Waals surface area contributed by atoms with E-state index in [4.69, 9.17) is 14.1 Å². The Bertz CT molecular complexity index is 2050. The van der Waals surface area contributed by atoms with E-state index in [1.54, 1.807) is 23.2 Å². The van der Waals surface area contributed by atoms with E-state index in [0.717, 1.165) is 11.1 Å². The van der Waals surface area contributed by atoms with Crippen LogP contribution in [0.15, 0.2) is 59.1 Å². The van der Waals surface area contributed by atoms with Gasteiger partial charge < -0.3 is 35.1 Å². The van der Waals surface area contributed by atoms with E-state index in [9.17, 15) is 24.3 Å². The van der Waals surface area contributed by atoms with E-state index in [-0.39, 0.29) is 60.8 Å². The zero-order valence-corrected chi connectivity index (χ0v) is 32.0. The predicted octanol–water partition coefficient (Wildman–Crippen LogP) is 5.43. The smallest absolute Gasteiger partial charge is 0.339 e. The number of carbonyl (C=O) groups is 4. The van der Waals surface area contributed by atoms with Gasteiger partial charge in [-0.15, -0.1) is 10.2 Å². The molecule has 0 aliphatic carbocycles. The van der Waals surface area contributed by atoms with Crippen LogP contribution in [0.25, 0.3) is 11.5 Å². The summed E-state index contributed by atoms with van der Waals surface area (Å²) in [6.07, 6.45) is 2.80. The van der Waals surface area contributed by atoms with Crippen molar-refractivity contribution >= 4 is 41.0 Å². The van der Waals surface area contributed by atoms with Crippen LogP contribution in [0.2, 0.25) is 0 Å². The maximum Gasteiger partial charge on any atom is 0.339 e. The number of anilines is 3. The Morgan fingerprint density at radius 2 is 1.75 bits per heavy atom. The molecule has 1 saturated heterocycles. The zero-order chi connectivity index (χ0) is 39.5. The molecule has 2 atom stereocenters. The van der Waals surface area contributed by atoms with Crippen LogP contribution >= 0.6 is 0 Å². The standard InChI is InChI=1S/C40H48N8O7/c1-23(50)33(39(2,3)4)44-31(51)14-15-32(52)48-18-16-25(17-19-48)35-46-47-36(54-35)28-21-41-38(45-34(28)43-30(22-49)24-10-8-7-9-11-24)42-26-12-13-27-29(20-26)40(5,6)55-37(27)53/h7-13,20-21,25,30,33,49H,14-19,22H2,1-6H3,(H,44,51)(H2,41,42,43,45)/t30-,33-/m1/s1. The molecule has 2 aliphatic heterocycles. The lowest BCUT2D eigenvalue weighted by Gasteiger charge is -2.31. The minimum Gasteiger partial charge on any atom is -0.451 e. The lowest BCUT2D eigenvalue weighted by molar-refractivity contribution is -0.135. The summed E-state index contributed by atoms with van der Waals surface area (Å²) in [5, 5.41) is 28.4. The molecule has 2 aliphatic rings. The summed E-state index contributed by atoms with van der Waals surface area (Å²) >= 11 is 0. The van der Waals surface area contributed by atoms with Crippen molar-refractivity contribution in [3.63, 3.8) is 0 Å². The average Bonchev–Trinajstić information content (AvgIpc) is 3.73. The second kappa shape index (κ2) is 16.0. The molecule has 4 aromatic rings. The number of esters is 1. The number of aliphatic hydroxyl groups is 1. The molecule has 2 aromatic carbocycles. The van der Waals surface area contributed by atoms with E-state index in [0.29, 0.717) is 54.5 Å². The minimum absolute atomic E-state index is 0.00125. The summed E-state index contributed by atoms with van der Waals surface area (Å²) in [5.74, 6) is 0.166. The number of hydrogen-bond acceptors (Lipinski definition) is 13. The number of carbonyl (C=O) groups excluding carboxylic acids is 4. The van der Waals surface area contributed by atoms with E-state index in [2.05, 4.69) is 31.1 Å². The molecule has 4 N–H and O–H groups in total. The maximum absolute atomic E-state index is 13.0. The second-order valence-electron chi connectivity index (χ2n) is 15.6. The molecule has 0 unspecified atom stereocenters. The van der Waals surface area contributed by atoms with E-state index in [1.807, 2.05) is 71.0 Å². The SMILES string of the molecule is CC(=O)[C@@H](NC(=O)CCC(=O)N1CCC(c2nnc(-c3cnc(Nc4ccc5c(c4)C(C)(C)OC5=O)nc3N[C@H](CO)c3ccccc3)o2)CC1)C(C)(C)C. The number of fused-ring (bicyclic) bond motifs is 1. The maximum atomic E-state index is 13.0. The molecule has 0 saturated carbocycles. The number of aliphatic hydroxyl groups excluding tert-OH is 1. The lowest BCUT2D eigenvalue weighted by atomic mass is 9.84. The van der Waals surface area contributed by atoms with Crippen LogP contribution < -0.4 is 16.0 Å². The van der Waals surface area contributed by atoms with Gasteiger partial charge >= 0.3 is 5.97 Å². The fourth-order valence-corrected chi connectivity index (χ4v) is 6.99. The van der Waals surface area contributed by atoms with Crippen molar-refractivity contribution in [3.8, 4) is 11.5 Å².